The number of carbonyl (C=O) groups excluding carboxylic acids is 1. The zero-order valence-corrected chi connectivity index (χ0v) is 13.4. The van der Waals surface area contributed by atoms with Crippen molar-refractivity contribution in [3.8, 4) is 5.69 Å². The molecule has 2 N–H and O–H groups in total. The molecule has 3 rings (SSSR count). The average Bonchev–Trinajstić information content (AvgIpc) is 3.23. The quantitative estimate of drug-likeness (QED) is 0.891. The fraction of sp³-hybridized carbons (Fsp3) is 0.444. The first-order valence-electron chi connectivity index (χ1n) is 8.23. The highest BCUT2D eigenvalue weighted by Gasteiger charge is 2.24. The van der Waals surface area contributed by atoms with Gasteiger partial charge < -0.3 is 10.4 Å². The zero-order valence-electron chi connectivity index (χ0n) is 13.4. The molecular formula is C18H23N3O2. The summed E-state index contributed by atoms with van der Waals surface area (Å²) in [6.07, 6.45) is 5.60. The van der Waals surface area contributed by atoms with Gasteiger partial charge in [-0.15, -0.1) is 0 Å². The Labute approximate surface area is 136 Å². The van der Waals surface area contributed by atoms with Gasteiger partial charge in [-0.2, -0.15) is 5.10 Å². The summed E-state index contributed by atoms with van der Waals surface area (Å²) in [5.41, 5.74) is 2.27. The lowest BCUT2D eigenvalue weighted by Gasteiger charge is -2.17. The van der Waals surface area contributed by atoms with Crippen molar-refractivity contribution in [1.29, 1.82) is 0 Å². The molecule has 0 aliphatic heterocycles. The number of aliphatic hydroxyl groups is 1. The topological polar surface area (TPSA) is 67.2 Å². The molecule has 5 nitrogen and oxygen atoms in total. The molecule has 1 aliphatic rings. The predicted molar refractivity (Wildman–Crippen MR) is 88.6 cm³/mol. The van der Waals surface area contributed by atoms with Crippen molar-refractivity contribution in [2.24, 2.45) is 5.92 Å². The predicted octanol–water partition coefficient (Wildman–Crippen LogP) is 2.46. The molecule has 1 unspecified atom stereocenters. The van der Waals surface area contributed by atoms with Crippen LogP contribution in [0, 0.1) is 12.8 Å². The van der Waals surface area contributed by atoms with Crippen LogP contribution in [0.2, 0.25) is 0 Å². The second kappa shape index (κ2) is 6.96. The monoisotopic (exact) mass is 313 g/mol. The Morgan fingerprint density at radius 2 is 2.04 bits per heavy atom. The number of carbonyl (C=O) groups is 1. The number of benzene rings is 1. The number of aromatic nitrogens is 2. The van der Waals surface area contributed by atoms with Gasteiger partial charge in [-0.05, 0) is 37.8 Å². The summed E-state index contributed by atoms with van der Waals surface area (Å²) in [4.78, 5) is 12.4. The van der Waals surface area contributed by atoms with E-state index >= 15 is 0 Å². The molecule has 1 aromatic heterocycles. The average molecular weight is 313 g/mol. The standard InChI is InChI=1S/C18H23N3O2/c1-13-16(11-20-21(13)15-9-3-2-4-10-15)18(23)19-12-17(22)14-7-5-6-8-14/h2-4,9-11,14,17,22H,5-8,12H2,1H3,(H,19,23). The molecule has 1 fully saturated rings. The maximum absolute atomic E-state index is 12.4. The smallest absolute Gasteiger partial charge is 0.254 e. The molecule has 23 heavy (non-hydrogen) atoms. The van der Waals surface area contributed by atoms with Crippen molar-refractivity contribution in [2.75, 3.05) is 6.54 Å². The molecule has 0 radical (unpaired) electrons. The Kier molecular flexibility index (Phi) is 4.76. The van der Waals surface area contributed by atoms with E-state index in [1.165, 1.54) is 12.8 Å². The second-order valence-corrected chi connectivity index (χ2v) is 6.21. The molecule has 122 valence electrons. The Morgan fingerprint density at radius 3 is 2.74 bits per heavy atom. The van der Waals surface area contributed by atoms with Gasteiger partial charge in [0.15, 0.2) is 0 Å². The number of amides is 1. The number of aliphatic hydroxyl groups excluding tert-OH is 1. The summed E-state index contributed by atoms with van der Waals surface area (Å²) in [5.74, 6) is 0.144. The van der Waals surface area contributed by atoms with Crippen molar-refractivity contribution in [2.45, 2.75) is 38.7 Å². The first-order chi connectivity index (χ1) is 11.2. The van der Waals surface area contributed by atoms with Gasteiger partial charge in [0.1, 0.15) is 0 Å². The number of para-hydroxylation sites is 1. The zero-order chi connectivity index (χ0) is 16.2. The minimum Gasteiger partial charge on any atom is -0.391 e. The van der Waals surface area contributed by atoms with Crippen molar-refractivity contribution >= 4 is 5.91 Å². The van der Waals surface area contributed by atoms with E-state index in [1.54, 1.807) is 10.9 Å². The fourth-order valence-corrected chi connectivity index (χ4v) is 3.26. The van der Waals surface area contributed by atoms with Gasteiger partial charge in [0.25, 0.3) is 5.91 Å². The molecule has 0 spiro atoms. The SMILES string of the molecule is Cc1c(C(=O)NCC(O)C2CCCC2)cnn1-c1ccccc1. The minimum absolute atomic E-state index is 0.179. The highest BCUT2D eigenvalue weighted by Crippen LogP contribution is 2.27. The van der Waals surface area contributed by atoms with E-state index in [0.717, 1.165) is 24.2 Å². The van der Waals surface area contributed by atoms with Gasteiger partial charge in [-0.25, -0.2) is 4.68 Å². The summed E-state index contributed by atoms with van der Waals surface area (Å²) < 4.78 is 1.75. The van der Waals surface area contributed by atoms with Crippen LogP contribution in [0.15, 0.2) is 36.5 Å². The number of nitrogens with one attached hydrogen (secondary N) is 1. The summed E-state index contributed by atoms with van der Waals surface area (Å²) >= 11 is 0. The van der Waals surface area contributed by atoms with E-state index < -0.39 is 6.10 Å². The first-order valence-corrected chi connectivity index (χ1v) is 8.23. The number of hydrogen-bond acceptors (Lipinski definition) is 3. The highest BCUT2D eigenvalue weighted by molar-refractivity contribution is 5.95. The molecule has 2 aromatic rings. The third-order valence-corrected chi connectivity index (χ3v) is 4.67. The van der Waals surface area contributed by atoms with Gasteiger partial charge in [0.05, 0.1) is 29.2 Å². The molecule has 0 saturated heterocycles. The van der Waals surface area contributed by atoms with Gasteiger partial charge in [-0.1, -0.05) is 31.0 Å². The van der Waals surface area contributed by atoms with E-state index in [-0.39, 0.29) is 5.91 Å². The maximum atomic E-state index is 12.4. The lowest BCUT2D eigenvalue weighted by Crippen LogP contribution is -2.35. The summed E-state index contributed by atoms with van der Waals surface area (Å²) in [5, 5.41) is 17.3. The Bertz CT molecular complexity index is 660. The first kappa shape index (κ1) is 15.7. The maximum Gasteiger partial charge on any atom is 0.254 e. The lowest BCUT2D eigenvalue weighted by molar-refractivity contribution is 0.0840. The molecule has 1 amide bonds. The molecular weight excluding hydrogens is 290 g/mol. The Hall–Kier alpha value is -2.14. The van der Waals surface area contributed by atoms with Crippen LogP contribution in [-0.4, -0.2) is 33.4 Å². The Morgan fingerprint density at radius 1 is 1.35 bits per heavy atom. The van der Waals surface area contributed by atoms with Crippen LogP contribution in [0.5, 0.6) is 0 Å². The minimum atomic E-state index is -0.453. The van der Waals surface area contributed by atoms with Crippen LogP contribution in [0.4, 0.5) is 0 Å². The van der Waals surface area contributed by atoms with Crippen LogP contribution in [0.1, 0.15) is 41.7 Å². The highest BCUT2D eigenvalue weighted by atomic mass is 16.3. The largest absolute Gasteiger partial charge is 0.391 e. The van der Waals surface area contributed by atoms with Crippen LogP contribution >= 0.6 is 0 Å². The van der Waals surface area contributed by atoms with Crippen molar-refractivity contribution < 1.29 is 9.90 Å². The third-order valence-electron chi connectivity index (χ3n) is 4.67. The van der Waals surface area contributed by atoms with E-state index in [1.807, 2.05) is 37.3 Å². The Balaban J connectivity index is 1.65. The van der Waals surface area contributed by atoms with Crippen LogP contribution in [-0.2, 0) is 0 Å². The van der Waals surface area contributed by atoms with Gasteiger partial charge in [0, 0.05) is 6.54 Å². The second-order valence-electron chi connectivity index (χ2n) is 6.21. The van der Waals surface area contributed by atoms with Gasteiger partial charge >= 0.3 is 0 Å². The lowest BCUT2D eigenvalue weighted by atomic mass is 10.0. The van der Waals surface area contributed by atoms with Gasteiger partial charge in [0.2, 0.25) is 0 Å². The van der Waals surface area contributed by atoms with E-state index in [2.05, 4.69) is 10.4 Å². The van der Waals surface area contributed by atoms with Crippen LogP contribution < -0.4 is 5.32 Å². The van der Waals surface area contributed by atoms with Crippen LogP contribution in [0.25, 0.3) is 5.69 Å². The molecule has 1 atom stereocenters. The molecule has 1 aliphatic carbocycles. The molecule has 5 heteroatoms. The molecule has 0 bridgehead atoms. The van der Waals surface area contributed by atoms with E-state index in [4.69, 9.17) is 0 Å². The normalized spacial score (nSPS) is 16.4. The third kappa shape index (κ3) is 3.45. The number of nitrogens with zero attached hydrogens (tertiary/aromatic N) is 2. The van der Waals surface area contributed by atoms with E-state index in [0.29, 0.717) is 18.0 Å². The van der Waals surface area contributed by atoms with Gasteiger partial charge in [-0.3, -0.25) is 4.79 Å². The van der Waals surface area contributed by atoms with Crippen molar-refractivity contribution in [3.63, 3.8) is 0 Å². The number of hydrogen-bond donors (Lipinski definition) is 2. The molecule has 1 saturated carbocycles. The summed E-state index contributed by atoms with van der Waals surface area (Å²) in [6, 6.07) is 9.72. The van der Waals surface area contributed by atoms with E-state index in [9.17, 15) is 9.90 Å². The summed E-state index contributed by atoms with van der Waals surface area (Å²) in [6.45, 7) is 2.18. The van der Waals surface area contributed by atoms with Crippen molar-refractivity contribution in [1.82, 2.24) is 15.1 Å². The van der Waals surface area contributed by atoms with Crippen LogP contribution in [0.3, 0.4) is 0 Å². The van der Waals surface area contributed by atoms with Crippen molar-refractivity contribution in [3.05, 3.63) is 47.8 Å². The molecule has 1 heterocycles. The summed E-state index contributed by atoms with van der Waals surface area (Å²) in [7, 11) is 0. The number of rotatable bonds is 5. The fourth-order valence-electron chi connectivity index (χ4n) is 3.26. The molecule has 1 aromatic carbocycles.